The highest BCUT2D eigenvalue weighted by Crippen LogP contribution is 2.43. The first-order chi connectivity index (χ1) is 24.8. The molecule has 0 spiro atoms. The van der Waals surface area contributed by atoms with Crippen LogP contribution in [0.4, 0.5) is 0 Å². The highest BCUT2D eigenvalue weighted by Gasteiger charge is 2.43. The molecule has 6 heteroatoms. The number of aromatic nitrogens is 1. The number of benzene rings is 4. The number of fused-ring (bicyclic) bond motifs is 4. The molecule has 262 valence electrons. The number of nitrogens with one attached hydrogen (secondary N) is 1. The monoisotopic (exact) mass is 695 g/mol. The van der Waals surface area contributed by atoms with Gasteiger partial charge >= 0.3 is 0 Å². The molecule has 0 aliphatic carbocycles. The summed E-state index contributed by atoms with van der Waals surface area (Å²) in [6.07, 6.45) is 6.19. The highest BCUT2D eigenvalue weighted by atomic mass is 31.1. The van der Waals surface area contributed by atoms with Gasteiger partial charge in [-0.15, -0.1) is 6.58 Å². The van der Waals surface area contributed by atoms with Crippen molar-refractivity contribution in [1.82, 2.24) is 15.2 Å². The molecule has 1 amide bonds. The van der Waals surface area contributed by atoms with Crippen molar-refractivity contribution < 1.29 is 9.53 Å². The quantitative estimate of drug-likeness (QED) is 0.111. The first kappa shape index (κ1) is 35.1. The Morgan fingerprint density at radius 1 is 0.882 bits per heavy atom. The molecule has 2 bridgehead atoms. The lowest BCUT2D eigenvalue weighted by Crippen LogP contribution is -2.57. The maximum Gasteiger partial charge on any atom is 0.252 e. The predicted molar refractivity (Wildman–Crippen MR) is 214 cm³/mol. The van der Waals surface area contributed by atoms with E-state index < -0.39 is 7.92 Å². The average molecular weight is 696 g/mol. The molecule has 51 heavy (non-hydrogen) atoms. The third kappa shape index (κ3) is 6.87. The second kappa shape index (κ2) is 15.1. The Hall–Kier alpha value is -4.31. The third-order valence-electron chi connectivity index (χ3n) is 11.1. The lowest BCUT2D eigenvalue weighted by molar-refractivity contribution is 0.00171. The van der Waals surface area contributed by atoms with Gasteiger partial charge in [-0.3, -0.25) is 14.7 Å². The predicted octanol–water partition coefficient (Wildman–Crippen LogP) is 8.62. The number of piperidine rings is 3. The van der Waals surface area contributed by atoms with Crippen molar-refractivity contribution in [2.45, 2.75) is 64.5 Å². The van der Waals surface area contributed by atoms with Crippen LogP contribution >= 0.6 is 7.92 Å². The number of pyridine rings is 1. The van der Waals surface area contributed by atoms with E-state index in [4.69, 9.17) is 9.72 Å². The number of amides is 1. The fraction of sp³-hybridized carbons (Fsp3) is 0.333. The van der Waals surface area contributed by atoms with Crippen molar-refractivity contribution in [3.8, 4) is 5.75 Å². The summed E-state index contributed by atoms with van der Waals surface area (Å²) in [4.78, 5) is 22.4. The zero-order valence-electron chi connectivity index (χ0n) is 30.6. The number of ether oxygens (including phenoxy) is 1. The van der Waals surface area contributed by atoms with Crippen LogP contribution in [0.1, 0.15) is 85.5 Å². The molecule has 5 aromatic rings. The van der Waals surface area contributed by atoms with Crippen molar-refractivity contribution in [2.75, 3.05) is 20.2 Å². The van der Waals surface area contributed by atoms with Gasteiger partial charge < -0.3 is 10.1 Å². The fourth-order valence-corrected chi connectivity index (χ4v) is 11.6. The molecule has 1 unspecified atom stereocenters. The van der Waals surface area contributed by atoms with E-state index in [1.165, 1.54) is 21.7 Å². The summed E-state index contributed by atoms with van der Waals surface area (Å²) < 4.78 is 5.68. The third-order valence-corrected chi connectivity index (χ3v) is 13.8. The number of hydrogen-bond donors (Lipinski definition) is 1. The molecule has 1 N–H and O–H groups in total. The van der Waals surface area contributed by atoms with Crippen molar-refractivity contribution in [1.29, 1.82) is 0 Å². The Balaban J connectivity index is 1.37. The number of rotatable bonds is 11. The second-order valence-corrected chi connectivity index (χ2v) is 16.9. The van der Waals surface area contributed by atoms with Gasteiger partial charge in [0.1, 0.15) is 5.75 Å². The Labute approximate surface area is 304 Å². The van der Waals surface area contributed by atoms with Gasteiger partial charge in [-0.05, 0) is 114 Å². The van der Waals surface area contributed by atoms with Gasteiger partial charge in [-0.1, -0.05) is 101 Å². The minimum atomic E-state index is -1.06. The number of carbonyl (C=O) groups excluding carboxylic acids is 1. The van der Waals surface area contributed by atoms with E-state index in [2.05, 4.69) is 123 Å². The molecule has 0 saturated carbocycles. The van der Waals surface area contributed by atoms with Crippen LogP contribution < -0.4 is 26.0 Å². The van der Waals surface area contributed by atoms with Crippen LogP contribution in [-0.4, -0.2) is 42.0 Å². The Morgan fingerprint density at radius 2 is 1.53 bits per heavy atom. The molecule has 4 aromatic carbocycles. The first-order valence-electron chi connectivity index (χ1n) is 18.5. The normalized spacial score (nSPS) is 20.5. The molecule has 0 radical (unpaired) electrons. The Bertz CT molecular complexity index is 1990. The molecule has 3 aliphatic rings. The number of methoxy groups -OCH3 is 1. The van der Waals surface area contributed by atoms with Crippen molar-refractivity contribution in [2.24, 2.45) is 11.8 Å². The van der Waals surface area contributed by atoms with Crippen LogP contribution in [-0.2, 0) is 0 Å². The second-order valence-electron chi connectivity index (χ2n) is 14.8. The van der Waals surface area contributed by atoms with Crippen LogP contribution in [0.5, 0.6) is 5.75 Å². The van der Waals surface area contributed by atoms with Gasteiger partial charge in [-0.2, -0.15) is 0 Å². The lowest BCUT2D eigenvalue weighted by Gasteiger charge is -2.51. The SMILES string of the molecule is C=C[C@@H]1CN2CC[C@@H]1C[C@H]2[C@H](NC(=O)c1ccccc1P(c1ccccc1C(C)C)c1ccccc1C(C)C)c1ccnc2ccc(OC)cc12. The molecule has 5 atom stereocenters. The van der Waals surface area contributed by atoms with Gasteiger partial charge in [0.25, 0.3) is 5.91 Å². The van der Waals surface area contributed by atoms with Crippen molar-refractivity contribution in [3.63, 3.8) is 0 Å². The number of hydrogen-bond acceptors (Lipinski definition) is 4. The summed E-state index contributed by atoms with van der Waals surface area (Å²) >= 11 is 0. The maximum absolute atomic E-state index is 15.1. The van der Waals surface area contributed by atoms with Crippen LogP contribution in [0.3, 0.4) is 0 Å². The zero-order valence-corrected chi connectivity index (χ0v) is 31.4. The van der Waals surface area contributed by atoms with E-state index in [9.17, 15) is 0 Å². The Kier molecular flexibility index (Phi) is 10.4. The molecule has 3 saturated heterocycles. The number of nitrogens with zero attached hydrogens (tertiary/aromatic N) is 2. The molecule has 5 nitrogen and oxygen atoms in total. The topological polar surface area (TPSA) is 54.5 Å². The summed E-state index contributed by atoms with van der Waals surface area (Å²) in [6.45, 7) is 15.2. The van der Waals surface area contributed by atoms with Crippen LogP contribution in [0.2, 0.25) is 0 Å². The minimum absolute atomic E-state index is 0.0390. The molecule has 1 aromatic heterocycles. The molecular weight excluding hydrogens is 645 g/mol. The molecule has 3 aliphatic heterocycles. The fourth-order valence-electron chi connectivity index (χ4n) is 8.48. The van der Waals surface area contributed by atoms with E-state index in [0.29, 0.717) is 23.7 Å². The van der Waals surface area contributed by atoms with E-state index in [1.54, 1.807) is 7.11 Å². The summed E-state index contributed by atoms with van der Waals surface area (Å²) in [5.41, 5.74) is 5.37. The Morgan fingerprint density at radius 3 is 2.14 bits per heavy atom. The van der Waals surface area contributed by atoms with Gasteiger partial charge in [0.15, 0.2) is 0 Å². The van der Waals surface area contributed by atoms with Crippen LogP contribution in [0.15, 0.2) is 116 Å². The van der Waals surface area contributed by atoms with E-state index >= 15 is 4.79 Å². The van der Waals surface area contributed by atoms with Crippen molar-refractivity contribution in [3.05, 3.63) is 138 Å². The summed E-state index contributed by atoms with van der Waals surface area (Å²) in [6, 6.07) is 34.0. The highest BCUT2D eigenvalue weighted by molar-refractivity contribution is 7.80. The van der Waals surface area contributed by atoms with Gasteiger partial charge in [0.05, 0.1) is 18.7 Å². The summed E-state index contributed by atoms with van der Waals surface area (Å²) in [7, 11) is 0.640. The number of carbonyl (C=O) groups is 1. The lowest BCUT2D eigenvalue weighted by atomic mass is 9.73. The summed E-state index contributed by atoms with van der Waals surface area (Å²) in [5, 5.41) is 8.39. The first-order valence-corrected chi connectivity index (χ1v) is 19.8. The smallest absolute Gasteiger partial charge is 0.252 e. The average Bonchev–Trinajstić information content (AvgIpc) is 3.17. The van der Waals surface area contributed by atoms with Gasteiger partial charge in [-0.25, -0.2) is 0 Å². The standard InChI is InChI=1S/C45H50N3O2P/c1-7-31-28-48-25-23-32(31)26-40(48)44(36-22-24-46-39-21-20-33(50-6)27-38(36)39)47-45(49)37-16-10-13-19-43(37)51(41-17-11-8-14-34(41)29(2)3)42-18-12-9-15-35(42)30(4)5/h7-22,24,27,29-32,40,44H,1,23,25-26,28H2,2-6H3,(H,47,49)/t31-,32-,40+,44-/m1/s1. The molecule has 3 fully saturated rings. The summed E-state index contributed by atoms with van der Waals surface area (Å²) in [5.74, 6) is 2.46. The van der Waals surface area contributed by atoms with Crippen LogP contribution in [0, 0.1) is 11.8 Å². The van der Waals surface area contributed by atoms with E-state index in [1.807, 2.05) is 30.5 Å². The maximum atomic E-state index is 15.1. The zero-order chi connectivity index (χ0) is 35.6. The van der Waals surface area contributed by atoms with Gasteiger partial charge in [0.2, 0.25) is 0 Å². The molecule has 4 heterocycles. The largest absolute Gasteiger partial charge is 0.497 e. The minimum Gasteiger partial charge on any atom is -0.497 e. The van der Waals surface area contributed by atoms with E-state index in [0.717, 1.165) is 59.0 Å². The van der Waals surface area contributed by atoms with Gasteiger partial charge in [0, 0.05) is 29.7 Å². The van der Waals surface area contributed by atoms with Crippen LogP contribution in [0.25, 0.3) is 10.9 Å². The van der Waals surface area contributed by atoms with E-state index in [-0.39, 0.29) is 18.0 Å². The molecule has 8 rings (SSSR count). The molecular formula is C45H50N3O2P. The van der Waals surface area contributed by atoms with Crippen molar-refractivity contribution >= 4 is 40.6 Å².